The highest BCUT2D eigenvalue weighted by Crippen LogP contribution is 2.66. The molecule has 2 bridgehead atoms. The van der Waals surface area contributed by atoms with Crippen LogP contribution >= 0.6 is 0 Å². The molecule has 2 heterocycles. The molecule has 2 saturated heterocycles. The molecule has 2 aliphatic heterocycles. The normalized spacial score (nSPS) is 47.7. The Morgan fingerprint density at radius 2 is 1.85 bits per heavy atom. The van der Waals surface area contributed by atoms with Gasteiger partial charge in [-0.2, -0.15) is 0 Å². The summed E-state index contributed by atoms with van der Waals surface area (Å²) < 4.78 is 23.3. The zero-order valence-corrected chi connectivity index (χ0v) is 19.7. The molecule has 8 atom stereocenters. The van der Waals surface area contributed by atoms with Gasteiger partial charge in [0, 0.05) is 17.8 Å². The lowest BCUT2D eigenvalue weighted by molar-refractivity contribution is -0.330. The van der Waals surface area contributed by atoms with Crippen molar-refractivity contribution < 1.29 is 43.2 Å². The first-order valence-corrected chi connectivity index (χ1v) is 11.4. The highest BCUT2D eigenvalue weighted by Gasteiger charge is 2.79. The summed E-state index contributed by atoms with van der Waals surface area (Å²) >= 11 is 0. The van der Waals surface area contributed by atoms with E-state index in [1.165, 1.54) is 6.92 Å². The number of Topliss-reactive ketones (excluding diaryl/α,β-unsaturated/α-hetero) is 2. The third kappa shape index (κ3) is 2.40. The summed E-state index contributed by atoms with van der Waals surface area (Å²) in [4.78, 5) is 52.2. The van der Waals surface area contributed by atoms with Crippen LogP contribution in [0.25, 0.3) is 0 Å². The molecular formula is C24H30O9. The molecule has 5 aliphatic rings. The minimum atomic E-state index is -1.58. The van der Waals surface area contributed by atoms with E-state index in [9.17, 15) is 24.3 Å². The molecule has 180 valence electrons. The van der Waals surface area contributed by atoms with Crippen LogP contribution in [0.5, 0.6) is 0 Å². The zero-order chi connectivity index (χ0) is 24.3. The average Bonchev–Trinajstić information content (AvgIpc) is 3.03. The van der Waals surface area contributed by atoms with Gasteiger partial charge >= 0.3 is 12.1 Å². The molecule has 0 amide bonds. The summed E-state index contributed by atoms with van der Waals surface area (Å²) in [6, 6.07) is 0. The van der Waals surface area contributed by atoms with Crippen LogP contribution in [-0.4, -0.2) is 64.9 Å². The third-order valence-corrected chi connectivity index (χ3v) is 9.43. The number of aliphatic hydroxyl groups is 1. The lowest BCUT2D eigenvalue weighted by atomic mass is 9.43. The van der Waals surface area contributed by atoms with Crippen molar-refractivity contribution in [2.75, 3.05) is 6.61 Å². The summed E-state index contributed by atoms with van der Waals surface area (Å²) in [5.74, 6) is -2.53. The van der Waals surface area contributed by atoms with Gasteiger partial charge in [0.25, 0.3) is 0 Å². The van der Waals surface area contributed by atoms with Gasteiger partial charge in [0.2, 0.25) is 0 Å². The van der Waals surface area contributed by atoms with Crippen LogP contribution in [0, 0.1) is 22.7 Å². The van der Waals surface area contributed by atoms with Gasteiger partial charge in [-0.3, -0.25) is 14.4 Å². The highest BCUT2D eigenvalue weighted by atomic mass is 16.8. The molecule has 9 heteroatoms. The van der Waals surface area contributed by atoms with Crippen LogP contribution in [0.2, 0.25) is 0 Å². The van der Waals surface area contributed by atoms with Gasteiger partial charge in [-0.1, -0.05) is 27.7 Å². The second-order valence-electron chi connectivity index (χ2n) is 11.1. The highest BCUT2D eigenvalue weighted by molar-refractivity contribution is 6.02. The van der Waals surface area contributed by atoms with Gasteiger partial charge in [0.1, 0.15) is 12.2 Å². The van der Waals surface area contributed by atoms with E-state index in [1.54, 1.807) is 27.7 Å². The maximum absolute atomic E-state index is 14.1. The number of hydrogen-bond donors (Lipinski definition) is 1. The Kier molecular flexibility index (Phi) is 4.40. The monoisotopic (exact) mass is 462 g/mol. The molecule has 3 aliphatic carbocycles. The van der Waals surface area contributed by atoms with E-state index in [1.807, 2.05) is 6.92 Å². The van der Waals surface area contributed by atoms with E-state index < -0.39 is 64.2 Å². The maximum atomic E-state index is 14.1. The smallest absolute Gasteiger partial charge is 0.454 e. The van der Waals surface area contributed by atoms with Crippen molar-refractivity contribution in [3.8, 4) is 0 Å². The summed E-state index contributed by atoms with van der Waals surface area (Å²) in [6.45, 7) is 10.0. The summed E-state index contributed by atoms with van der Waals surface area (Å²) in [5.41, 5.74) is -4.52. The van der Waals surface area contributed by atoms with Crippen LogP contribution in [0.3, 0.4) is 0 Å². The number of carbonyl (C=O) groups is 4. The first-order valence-electron chi connectivity index (χ1n) is 11.4. The number of allylic oxidation sites excluding steroid dienone is 1. The Hall–Kier alpha value is -2.26. The van der Waals surface area contributed by atoms with Gasteiger partial charge in [0.15, 0.2) is 28.9 Å². The predicted molar refractivity (Wildman–Crippen MR) is 111 cm³/mol. The number of ketones is 2. The van der Waals surface area contributed by atoms with Crippen molar-refractivity contribution in [2.24, 2.45) is 22.7 Å². The number of hydrogen-bond acceptors (Lipinski definition) is 9. The zero-order valence-electron chi connectivity index (χ0n) is 19.7. The van der Waals surface area contributed by atoms with E-state index in [0.717, 1.165) is 0 Å². The SMILES string of the molecule is CC(=O)OC12COC1C[C@H](C)[C@@]1(C)C(=O)C(O)C3=C(C)C(=O)CC4(OC(=O)OC4C21)C3(C)C. The van der Waals surface area contributed by atoms with E-state index in [0.29, 0.717) is 12.0 Å². The Bertz CT molecular complexity index is 1030. The maximum Gasteiger partial charge on any atom is 0.509 e. The van der Waals surface area contributed by atoms with Crippen LogP contribution < -0.4 is 0 Å². The Morgan fingerprint density at radius 1 is 1.18 bits per heavy atom. The molecule has 1 N–H and O–H groups in total. The number of ether oxygens (including phenoxy) is 4. The van der Waals surface area contributed by atoms with Crippen LogP contribution in [0.15, 0.2) is 11.1 Å². The van der Waals surface area contributed by atoms with E-state index in [-0.39, 0.29) is 30.3 Å². The number of carbonyl (C=O) groups excluding carboxylic acids is 4. The quantitative estimate of drug-likeness (QED) is 0.581. The van der Waals surface area contributed by atoms with Gasteiger partial charge in [0.05, 0.1) is 18.9 Å². The molecule has 0 aromatic carbocycles. The van der Waals surface area contributed by atoms with Gasteiger partial charge in [-0.25, -0.2) is 4.79 Å². The van der Waals surface area contributed by atoms with Crippen molar-refractivity contribution in [3.05, 3.63) is 11.1 Å². The summed E-state index contributed by atoms with van der Waals surface area (Å²) in [5, 5.41) is 11.5. The van der Waals surface area contributed by atoms with Crippen LogP contribution in [0.4, 0.5) is 4.79 Å². The fourth-order valence-corrected chi connectivity index (χ4v) is 7.49. The number of esters is 1. The van der Waals surface area contributed by atoms with Gasteiger partial charge < -0.3 is 24.1 Å². The minimum absolute atomic E-state index is 0.0217. The van der Waals surface area contributed by atoms with Gasteiger partial charge in [-0.05, 0) is 30.4 Å². The van der Waals surface area contributed by atoms with Crippen molar-refractivity contribution in [1.29, 1.82) is 0 Å². The first kappa shape index (κ1) is 22.5. The fourth-order valence-electron chi connectivity index (χ4n) is 7.49. The number of fused-ring (bicyclic) bond motifs is 5. The molecule has 33 heavy (non-hydrogen) atoms. The lowest BCUT2D eigenvalue weighted by Crippen LogP contribution is -2.79. The second kappa shape index (κ2) is 6.44. The molecule has 0 radical (unpaired) electrons. The molecule has 5 rings (SSSR count). The van der Waals surface area contributed by atoms with Crippen molar-refractivity contribution in [3.63, 3.8) is 0 Å². The molecule has 6 unspecified atom stereocenters. The Balaban J connectivity index is 1.85. The molecule has 1 spiro atoms. The summed E-state index contributed by atoms with van der Waals surface area (Å²) in [6.07, 6.45) is -3.83. The average molecular weight is 462 g/mol. The molecule has 0 aromatic rings. The van der Waals surface area contributed by atoms with E-state index in [2.05, 4.69) is 0 Å². The standard InChI is InChI=1S/C24H30O9/c1-10-7-14-23(9-30-14,32-12(3)25)17-19-24(33-20(29)31-19)8-13(26)11(2)15(21(24,4)5)16(27)18(28)22(10,17)6/h10,14,16-17,19,27H,7-9H2,1-6H3/t10-,14?,16?,17?,19?,22+,23?,24?/m0/s1. The molecule has 2 saturated carbocycles. The molecular weight excluding hydrogens is 432 g/mol. The minimum Gasteiger partial charge on any atom is -0.454 e. The molecule has 0 aromatic heterocycles. The second-order valence-corrected chi connectivity index (χ2v) is 11.1. The van der Waals surface area contributed by atoms with Crippen molar-refractivity contribution in [1.82, 2.24) is 0 Å². The summed E-state index contributed by atoms with van der Waals surface area (Å²) in [7, 11) is 0. The Labute approximate surface area is 191 Å². The van der Waals surface area contributed by atoms with Crippen molar-refractivity contribution in [2.45, 2.75) is 83.9 Å². The first-order chi connectivity index (χ1) is 15.2. The van der Waals surface area contributed by atoms with E-state index >= 15 is 0 Å². The predicted octanol–water partition coefficient (Wildman–Crippen LogP) is 1.88. The number of rotatable bonds is 1. The van der Waals surface area contributed by atoms with Crippen LogP contribution in [-0.2, 0) is 33.3 Å². The molecule has 4 fully saturated rings. The van der Waals surface area contributed by atoms with Gasteiger partial charge in [-0.15, -0.1) is 0 Å². The fraction of sp³-hybridized carbons (Fsp3) is 0.750. The van der Waals surface area contributed by atoms with E-state index in [4.69, 9.17) is 18.9 Å². The largest absolute Gasteiger partial charge is 0.509 e. The Morgan fingerprint density at radius 3 is 2.42 bits per heavy atom. The molecule has 9 nitrogen and oxygen atoms in total. The third-order valence-electron chi connectivity index (χ3n) is 9.43. The van der Waals surface area contributed by atoms with Crippen LogP contribution in [0.1, 0.15) is 54.4 Å². The van der Waals surface area contributed by atoms with Crippen molar-refractivity contribution >= 4 is 23.7 Å². The lowest BCUT2D eigenvalue weighted by Gasteiger charge is -2.66. The number of aliphatic hydroxyl groups excluding tert-OH is 1. The topological polar surface area (TPSA) is 125 Å².